The van der Waals surface area contributed by atoms with E-state index in [1.807, 2.05) is 36.4 Å². The van der Waals surface area contributed by atoms with E-state index in [9.17, 15) is 25.9 Å². The summed E-state index contributed by atoms with van der Waals surface area (Å²) in [6.45, 7) is 8.88. The van der Waals surface area contributed by atoms with E-state index in [0.29, 0.717) is 10.8 Å². The quantitative estimate of drug-likeness (QED) is 0.0292. The van der Waals surface area contributed by atoms with Crippen LogP contribution in [0.1, 0.15) is 204 Å². The summed E-state index contributed by atoms with van der Waals surface area (Å²) in [5, 5.41) is 3.06. The van der Waals surface area contributed by atoms with Gasteiger partial charge < -0.3 is 9.11 Å². The molecule has 0 bridgehead atoms. The normalized spacial score (nSPS) is 11.8. The summed E-state index contributed by atoms with van der Waals surface area (Å²) in [5.41, 5.74) is 4.55. The van der Waals surface area contributed by atoms with Gasteiger partial charge in [0.2, 0.25) is 0 Å². The van der Waals surface area contributed by atoms with E-state index in [-0.39, 0.29) is 58.7 Å². The SMILES string of the molecule is CCCCCCCCc1ccc2c(CCCCCCCC)ccc(S(=O)(=O)[O-])c2c1.CCCCCCCCc1ccc2c(CCCCCCCC)ccc(S(=O)(=O)[O-])c2c1.[Ba+2]. The third-order valence-electron chi connectivity index (χ3n) is 12.0. The zero-order valence-corrected chi connectivity index (χ0v) is 44.6. The van der Waals surface area contributed by atoms with Gasteiger partial charge in [0.05, 0.1) is 9.79 Å². The number of benzene rings is 4. The zero-order chi connectivity index (χ0) is 43.6. The molecule has 0 aromatic heterocycles. The standard InChI is InChI=1S/2C26H40O3S.Ba/c2*1-3-5-7-9-11-13-15-22-17-19-24-23(16-14-12-10-8-6-4-2)18-20-26(25(24)21-22)30(27,28)29;/h2*17-21H,3-16H2,1-2H3,(H,27,28,29);/q;;+2/p-2. The Labute approximate surface area is 412 Å². The van der Waals surface area contributed by atoms with Crippen LogP contribution in [0.2, 0.25) is 0 Å². The first-order chi connectivity index (χ1) is 28.9. The summed E-state index contributed by atoms with van der Waals surface area (Å²) in [6, 6.07) is 18.9. The molecule has 0 saturated heterocycles. The summed E-state index contributed by atoms with van der Waals surface area (Å²) >= 11 is 0. The van der Waals surface area contributed by atoms with E-state index >= 15 is 0 Å². The maximum Gasteiger partial charge on any atom is 2.00 e. The second-order valence-electron chi connectivity index (χ2n) is 17.2. The molecule has 0 aliphatic carbocycles. The van der Waals surface area contributed by atoms with Crippen molar-refractivity contribution in [2.24, 2.45) is 0 Å². The first kappa shape index (κ1) is 55.9. The first-order valence-electron chi connectivity index (χ1n) is 23.9. The van der Waals surface area contributed by atoms with E-state index in [1.165, 1.54) is 141 Å². The van der Waals surface area contributed by atoms with Gasteiger partial charge in [0.25, 0.3) is 0 Å². The van der Waals surface area contributed by atoms with Gasteiger partial charge in [-0.05, 0) is 119 Å². The maximum absolute atomic E-state index is 11.8. The van der Waals surface area contributed by atoms with E-state index in [4.69, 9.17) is 0 Å². The Balaban J connectivity index is 0.000000413. The van der Waals surface area contributed by atoms with Crippen LogP contribution in [-0.4, -0.2) is 74.8 Å². The Morgan fingerprint density at radius 3 is 0.918 bits per heavy atom. The van der Waals surface area contributed by atoms with Gasteiger partial charge in [-0.15, -0.1) is 0 Å². The third-order valence-corrected chi connectivity index (χ3v) is 13.8. The second kappa shape index (κ2) is 31.6. The summed E-state index contributed by atoms with van der Waals surface area (Å²) in [5.74, 6) is 0. The van der Waals surface area contributed by atoms with Crippen molar-refractivity contribution in [1.82, 2.24) is 0 Å². The van der Waals surface area contributed by atoms with Crippen molar-refractivity contribution in [3.8, 4) is 0 Å². The Hall–Kier alpha value is -1.21. The average Bonchev–Trinajstić information content (AvgIpc) is 3.22. The molecule has 0 fully saturated rings. The molecule has 0 spiro atoms. The molecule has 0 aliphatic rings. The van der Waals surface area contributed by atoms with Gasteiger partial charge >= 0.3 is 48.9 Å². The molecule has 4 aromatic rings. The zero-order valence-electron chi connectivity index (χ0n) is 38.5. The van der Waals surface area contributed by atoms with Crippen molar-refractivity contribution in [1.29, 1.82) is 0 Å². The molecular weight excluding hydrogens is 922 g/mol. The molecule has 61 heavy (non-hydrogen) atoms. The topological polar surface area (TPSA) is 114 Å². The van der Waals surface area contributed by atoms with Crippen molar-refractivity contribution in [2.45, 2.75) is 217 Å². The molecule has 336 valence electrons. The first-order valence-corrected chi connectivity index (χ1v) is 26.8. The fraction of sp³-hybridized carbons (Fsp3) is 0.615. The molecule has 0 aliphatic heterocycles. The summed E-state index contributed by atoms with van der Waals surface area (Å²) in [7, 11) is -8.97. The average molecular weight is 1000 g/mol. The van der Waals surface area contributed by atoms with Crippen LogP contribution in [0.25, 0.3) is 21.5 Å². The minimum Gasteiger partial charge on any atom is -0.744 e. The molecule has 4 rings (SSSR count). The Kier molecular flexibility index (Phi) is 29.0. The molecule has 9 heteroatoms. The molecule has 0 heterocycles. The number of unbranched alkanes of at least 4 members (excludes halogenated alkanes) is 20. The van der Waals surface area contributed by atoms with Crippen LogP contribution in [0.3, 0.4) is 0 Å². The van der Waals surface area contributed by atoms with Gasteiger partial charge in [0, 0.05) is 0 Å². The number of fused-ring (bicyclic) bond motifs is 2. The van der Waals surface area contributed by atoms with Crippen LogP contribution in [-0.2, 0) is 45.9 Å². The Morgan fingerprint density at radius 1 is 0.344 bits per heavy atom. The van der Waals surface area contributed by atoms with E-state index in [1.54, 1.807) is 0 Å². The largest absolute Gasteiger partial charge is 2.00 e. The molecule has 0 radical (unpaired) electrons. The minimum atomic E-state index is -4.48. The van der Waals surface area contributed by atoms with Crippen LogP contribution < -0.4 is 0 Å². The number of hydrogen-bond donors (Lipinski definition) is 0. The Morgan fingerprint density at radius 2 is 0.623 bits per heavy atom. The van der Waals surface area contributed by atoms with Gasteiger partial charge in [-0.25, -0.2) is 16.8 Å². The minimum absolute atomic E-state index is 0. The van der Waals surface area contributed by atoms with Crippen LogP contribution in [0.15, 0.2) is 70.5 Å². The summed E-state index contributed by atoms with van der Waals surface area (Å²) in [4.78, 5) is -0.150. The summed E-state index contributed by atoms with van der Waals surface area (Å²) in [6.07, 6.45) is 33.2. The summed E-state index contributed by atoms with van der Waals surface area (Å²) < 4.78 is 71.0. The van der Waals surface area contributed by atoms with Crippen LogP contribution in [0, 0.1) is 0 Å². The van der Waals surface area contributed by atoms with Crippen LogP contribution in [0.4, 0.5) is 0 Å². The number of rotatable bonds is 30. The van der Waals surface area contributed by atoms with Crippen LogP contribution in [0.5, 0.6) is 0 Å². The number of hydrogen-bond acceptors (Lipinski definition) is 6. The number of aryl methyl sites for hydroxylation is 4. The fourth-order valence-corrected chi connectivity index (χ4v) is 9.80. The fourth-order valence-electron chi connectivity index (χ4n) is 8.46. The molecule has 0 amide bonds. The maximum atomic E-state index is 11.8. The van der Waals surface area contributed by atoms with Crippen molar-refractivity contribution in [3.63, 3.8) is 0 Å². The van der Waals surface area contributed by atoms with Gasteiger partial charge in [-0.1, -0.05) is 193 Å². The molecule has 0 atom stereocenters. The van der Waals surface area contributed by atoms with Crippen LogP contribution >= 0.6 is 0 Å². The molecule has 0 saturated carbocycles. The molecule has 6 nitrogen and oxygen atoms in total. The predicted octanol–water partition coefficient (Wildman–Crippen LogP) is 14.7. The van der Waals surface area contributed by atoms with E-state index < -0.39 is 20.2 Å². The van der Waals surface area contributed by atoms with E-state index in [0.717, 1.165) is 84.4 Å². The van der Waals surface area contributed by atoms with Crippen molar-refractivity contribution < 1.29 is 25.9 Å². The second-order valence-corrected chi connectivity index (χ2v) is 19.9. The van der Waals surface area contributed by atoms with Gasteiger partial charge in [-0.3, -0.25) is 0 Å². The molecule has 0 unspecified atom stereocenters. The third kappa shape index (κ3) is 21.1. The van der Waals surface area contributed by atoms with Crippen molar-refractivity contribution >= 4 is 90.7 Å². The predicted molar refractivity (Wildman–Crippen MR) is 258 cm³/mol. The van der Waals surface area contributed by atoms with Gasteiger partial charge in [0.1, 0.15) is 20.2 Å². The van der Waals surface area contributed by atoms with E-state index in [2.05, 4.69) is 39.8 Å². The molecule has 0 N–H and O–H groups in total. The Bertz CT molecular complexity index is 1900. The smallest absolute Gasteiger partial charge is 0.744 e. The van der Waals surface area contributed by atoms with Crippen molar-refractivity contribution in [3.05, 3.63) is 82.9 Å². The molecule has 4 aromatic carbocycles. The van der Waals surface area contributed by atoms with Gasteiger partial charge in [0.15, 0.2) is 0 Å². The molecular formula is C52H78BaO6S2. The monoisotopic (exact) mass is 1000 g/mol. The van der Waals surface area contributed by atoms with Gasteiger partial charge in [-0.2, -0.15) is 0 Å². The van der Waals surface area contributed by atoms with Crippen molar-refractivity contribution in [2.75, 3.05) is 0 Å².